The molecule has 3 heteroatoms. The molecule has 0 heterocycles. The molecule has 0 aliphatic heterocycles. The highest BCUT2D eigenvalue weighted by Gasteiger charge is 2.11. The van der Waals surface area contributed by atoms with Gasteiger partial charge in [0.15, 0.2) is 6.29 Å². The smallest absolute Gasteiger partial charge is 0.158 e. The van der Waals surface area contributed by atoms with Crippen LogP contribution in [0.3, 0.4) is 0 Å². The van der Waals surface area contributed by atoms with Crippen LogP contribution in [0.1, 0.15) is 45.2 Å². The standard InChI is InChI=1S/C16H27NO2/c1-4-15(14-10-8-7-9-11-14)17-13-12-16(18-5-2)19-6-3/h7-11,15-17H,4-6,12-13H2,1-3H3. The summed E-state index contributed by atoms with van der Waals surface area (Å²) < 4.78 is 11.1. The van der Waals surface area contributed by atoms with Crippen molar-refractivity contribution in [1.29, 1.82) is 0 Å². The van der Waals surface area contributed by atoms with Gasteiger partial charge >= 0.3 is 0 Å². The van der Waals surface area contributed by atoms with Crippen molar-refractivity contribution < 1.29 is 9.47 Å². The van der Waals surface area contributed by atoms with E-state index in [2.05, 4.69) is 42.6 Å². The molecule has 0 aliphatic carbocycles. The van der Waals surface area contributed by atoms with Gasteiger partial charge in [-0.15, -0.1) is 0 Å². The maximum absolute atomic E-state index is 5.54. The molecule has 0 aromatic heterocycles. The van der Waals surface area contributed by atoms with E-state index in [1.165, 1.54) is 5.56 Å². The number of benzene rings is 1. The van der Waals surface area contributed by atoms with E-state index < -0.39 is 0 Å². The SMILES string of the molecule is CCOC(CCNC(CC)c1ccccc1)OCC. The van der Waals surface area contributed by atoms with Crippen molar-refractivity contribution in [3.05, 3.63) is 35.9 Å². The Morgan fingerprint density at radius 2 is 1.63 bits per heavy atom. The Labute approximate surface area is 117 Å². The maximum atomic E-state index is 5.54. The zero-order valence-electron chi connectivity index (χ0n) is 12.4. The van der Waals surface area contributed by atoms with E-state index in [0.29, 0.717) is 19.3 Å². The molecule has 1 rings (SSSR count). The normalized spacial score (nSPS) is 12.8. The zero-order chi connectivity index (χ0) is 13.9. The first-order valence-corrected chi connectivity index (χ1v) is 7.33. The fourth-order valence-electron chi connectivity index (χ4n) is 2.15. The Bertz CT molecular complexity index is 310. The molecular weight excluding hydrogens is 238 g/mol. The van der Waals surface area contributed by atoms with Crippen molar-refractivity contribution in [2.45, 2.75) is 45.9 Å². The van der Waals surface area contributed by atoms with Crippen LogP contribution in [0.5, 0.6) is 0 Å². The lowest BCUT2D eigenvalue weighted by molar-refractivity contribution is -0.138. The fraction of sp³-hybridized carbons (Fsp3) is 0.625. The molecule has 0 saturated carbocycles. The third-order valence-corrected chi connectivity index (χ3v) is 3.09. The summed E-state index contributed by atoms with van der Waals surface area (Å²) in [7, 11) is 0. The molecule has 0 spiro atoms. The number of hydrogen-bond acceptors (Lipinski definition) is 3. The summed E-state index contributed by atoms with van der Waals surface area (Å²) >= 11 is 0. The maximum Gasteiger partial charge on any atom is 0.158 e. The monoisotopic (exact) mass is 265 g/mol. The van der Waals surface area contributed by atoms with Gasteiger partial charge in [0.1, 0.15) is 0 Å². The van der Waals surface area contributed by atoms with Gasteiger partial charge in [-0.25, -0.2) is 0 Å². The lowest BCUT2D eigenvalue weighted by Crippen LogP contribution is -2.27. The van der Waals surface area contributed by atoms with Gasteiger partial charge in [0.2, 0.25) is 0 Å². The van der Waals surface area contributed by atoms with Crippen LogP contribution in [0.25, 0.3) is 0 Å². The molecule has 1 N–H and O–H groups in total. The summed E-state index contributed by atoms with van der Waals surface area (Å²) in [6.07, 6.45) is 1.87. The van der Waals surface area contributed by atoms with Crippen LogP contribution in [-0.2, 0) is 9.47 Å². The average Bonchev–Trinajstić information content (AvgIpc) is 2.45. The Kier molecular flexibility index (Phi) is 8.47. The minimum Gasteiger partial charge on any atom is -0.353 e. The van der Waals surface area contributed by atoms with Crippen molar-refractivity contribution >= 4 is 0 Å². The van der Waals surface area contributed by atoms with Gasteiger partial charge in [-0.05, 0) is 25.8 Å². The average molecular weight is 265 g/mol. The minimum absolute atomic E-state index is 0.0872. The molecule has 1 unspecified atom stereocenters. The summed E-state index contributed by atoms with van der Waals surface area (Å²) in [6.45, 7) is 8.49. The van der Waals surface area contributed by atoms with Crippen LogP contribution in [-0.4, -0.2) is 26.0 Å². The molecule has 0 bridgehead atoms. The van der Waals surface area contributed by atoms with Gasteiger partial charge in [-0.3, -0.25) is 0 Å². The first-order valence-electron chi connectivity index (χ1n) is 7.33. The van der Waals surface area contributed by atoms with Gasteiger partial charge < -0.3 is 14.8 Å². The van der Waals surface area contributed by atoms with Crippen LogP contribution in [0.2, 0.25) is 0 Å². The van der Waals surface area contributed by atoms with E-state index in [-0.39, 0.29) is 6.29 Å². The highest BCUT2D eigenvalue weighted by molar-refractivity contribution is 5.18. The van der Waals surface area contributed by atoms with E-state index >= 15 is 0 Å². The van der Waals surface area contributed by atoms with Crippen molar-refractivity contribution in [2.24, 2.45) is 0 Å². The molecule has 0 aliphatic rings. The molecule has 0 fully saturated rings. The van der Waals surface area contributed by atoms with Crippen molar-refractivity contribution in [2.75, 3.05) is 19.8 Å². The van der Waals surface area contributed by atoms with Crippen LogP contribution in [0, 0.1) is 0 Å². The van der Waals surface area contributed by atoms with Crippen LogP contribution in [0.4, 0.5) is 0 Å². The molecule has 1 aromatic rings. The Hall–Kier alpha value is -0.900. The third-order valence-electron chi connectivity index (χ3n) is 3.09. The Balaban J connectivity index is 2.37. The van der Waals surface area contributed by atoms with Gasteiger partial charge in [0.25, 0.3) is 0 Å². The van der Waals surface area contributed by atoms with Crippen molar-refractivity contribution in [3.8, 4) is 0 Å². The molecule has 19 heavy (non-hydrogen) atoms. The molecule has 108 valence electrons. The van der Waals surface area contributed by atoms with Gasteiger partial charge in [0, 0.05) is 32.2 Å². The summed E-state index contributed by atoms with van der Waals surface area (Å²) in [5.41, 5.74) is 1.34. The Morgan fingerprint density at radius 3 is 2.16 bits per heavy atom. The van der Waals surface area contributed by atoms with Gasteiger partial charge in [-0.2, -0.15) is 0 Å². The van der Waals surface area contributed by atoms with E-state index in [0.717, 1.165) is 19.4 Å². The molecule has 1 atom stereocenters. The first kappa shape index (κ1) is 16.2. The summed E-state index contributed by atoms with van der Waals surface area (Å²) in [5.74, 6) is 0. The van der Waals surface area contributed by atoms with Crippen molar-refractivity contribution in [1.82, 2.24) is 5.32 Å². The molecule has 0 amide bonds. The second kappa shape index (κ2) is 9.96. The topological polar surface area (TPSA) is 30.5 Å². The quantitative estimate of drug-likeness (QED) is 0.657. The number of ether oxygens (including phenoxy) is 2. The van der Waals surface area contributed by atoms with Crippen molar-refractivity contribution in [3.63, 3.8) is 0 Å². The molecule has 0 saturated heterocycles. The molecular formula is C16H27NO2. The first-order chi connectivity index (χ1) is 9.31. The molecule has 0 radical (unpaired) electrons. The highest BCUT2D eigenvalue weighted by Crippen LogP contribution is 2.15. The largest absolute Gasteiger partial charge is 0.353 e. The zero-order valence-corrected chi connectivity index (χ0v) is 12.4. The summed E-state index contributed by atoms with van der Waals surface area (Å²) in [4.78, 5) is 0. The number of nitrogens with one attached hydrogen (secondary N) is 1. The number of hydrogen-bond donors (Lipinski definition) is 1. The molecule has 3 nitrogen and oxygen atoms in total. The lowest BCUT2D eigenvalue weighted by atomic mass is 10.0. The van der Waals surface area contributed by atoms with Crippen LogP contribution < -0.4 is 5.32 Å². The van der Waals surface area contributed by atoms with Crippen LogP contribution >= 0.6 is 0 Å². The van der Waals surface area contributed by atoms with E-state index in [9.17, 15) is 0 Å². The molecule has 1 aromatic carbocycles. The predicted octanol–water partition coefficient (Wildman–Crippen LogP) is 3.52. The van der Waals surface area contributed by atoms with E-state index in [1.807, 2.05) is 13.8 Å². The summed E-state index contributed by atoms with van der Waals surface area (Å²) in [6, 6.07) is 11.0. The Morgan fingerprint density at radius 1 is 1.00 bits per heavy atom. The lowest BCUT2D eigenvalue weighted by Gasteiger charge is -2.21. The minimum atomic E-state index is -0.0872. The van der Waals surface area contributed by atoms with Crippen LogP contribution in [0.15, 0.2) is 30.3 Å². The third kappa shape index (κ3) is 6.19. The summed E-state index contributed by atoms with van der Waals surface area (Å²) in [5, 5.41) is 3.57. The second-order valence-corrected chi connectivity index (χ2v) is 4.45. The number of rotatable bonds is 10. The second-order valence-electron chi connectivity index (χ2n) is 4.45. The van der Waals surface area contributed by atoms with Gasteiger partial charge in [0.05, 0.1) is 0 Å². The highest BCUT2D eigenvalue weighted by atomic mass is 16.7. The van der Waals surface area contributed by atoms with E-state index in [1.54, 1.807) is 0 Å². The fourth-order valence-corrected chi connectivity index (χ4v) is 2.15. The predicted molar refractivity (Wildman–Crippen MR) is 79.1 cm³/mol. The van der Waals surface area contributed by atoms with E-state index in [4.69, 9.17) is 9.47 Å². The van der Waals surface area contributed by atoms with Gasteiger partial charge in [-0.1, -0.05) is 37.3 Å².